The number of carbonyl (C=O) groups excluding carboxylic acids is 2. The molecule has 0 rings (SSSR count). The Morgan fingerprint density at radius 2 is 0.933 bits per heavy atom. The molecule has 0 heterocycles. The first-order chi connectivity index (χ1) is 13.3. The third kappa shape index (κ3) is 11.9. The number of rotatable bonds is 14. The van der Waals surface area contributed by atoms with Crippen LogP contribution in [-0.2, 0) is 19.1 Å². The predicted octanol–water partition coefficient (Wildman–Crippen LogP) is 5.53. The fraction of sp³-hybridized carbons (Fsp3) is 0.917. The van der Waals surface area contributed by atoms with E-state index in [0.29, 0.717) is 12.8 Å². The van der Waals surface area contributed by atoms with Crippen LogP contribution in [0.1, 0.15) is 108 Å². The minimum absolute atomic E-state index is 0. The molecule has 0 aromatic rings. The molecule has 0 spiro atoms. The zero-order valence-electron chi connectivity index (χ0n) is 19.0. The topological polar surface area (TPSA) is 93.1 Å². The van der Waals surface area contributed by atoms with Gasteiger partial charge in [-0.25, -0.2) is 0 Å². The number of hydrogen-bond donors (Lipinski definition) is 2. The Kier molecular flexibility index (Phi) is 25.5. The van der Waals surface area contributed by atoms with Gasteiger partial charge in [-0.15, -0.1) is 0 Å². The minimum Gasteiger partial charge on any atom is -0.465 e. The maximum atomic E-state index is 12.0. The minimum atomic E-state index is -1.10. The lowest BCUT2D eigenvalue weighted by Crippen LogP contribution is -2.42. The Hall–Kier alpha value is -1.14. The van der Waals surface area contributed by atoms with Crippen LogP contribution in [0.4, 0.5) is 0 Å². The van der Waals surface area contributed by atoms with E-state index in [1.165, 1.54) is 0 Å². The number of esters is 2. The van der Waals surface area contributed by atoms with Crippen LogP contribution in [0.15, 0.2) is 0 Å². The van der Waals surface area contributed by atoms with Crippen molar-refractivity contribution in [2.75, 3.05) is 26.4 Å². The van der Waals surface area contributed by atoms with Gasteiger partial charge in [0.1, 0.15) is 0 Å². The molecule has 0 unspecified atom stereocenters. The van der Waals surface area contributed by atoms with E-state index in [1.807, 2.05) is 13.8 Å². The van der Waals surface area contributed by atoms with Crippen molar-refractivity contribution in [1.82, 2.24) is 0 Å². The molecule has 2 N–H and O–H groups in total. The summed E-state index contributed by atoms with van der Waals surface area (Å²) in [6.07, 6.45) is 6.37. The van der Waals surface area contributed by atoms with Crippen LogP contribution in [0.2, 0.25) is 0 Å². The van der Waals surface area contributed by atoms with Gasteiger partial charge in [-0.1, -0.05) is 68.2 Å². The maximum Gasteiger partial charge on any atom is 0.323 e. The number of carbonyl (C=O) groups is 2. The van der Waals surface area contributed by atoms with Crippen molar-refractivity contribution in [2.24, 2.45) is 10.8 Å². The molecular formula is C24H52O6. The zero-order valence-corrected chi connectivity index (χ0v) is 19.0. The Balaban J connectivity index is -0.000000228. The standard InChI is InChI=1S/C13H24O4.C9H20O2.2CH4/c1-5-9-13(10-6-2,11(14)16-7-3)12(15)17-8-4;1-3-5-9(7-10,8-11)6-4-2;;/h5-10H2,1-4H3;10-11H,3-8H2,1-2H3;2*1H4. The fourth-order valence-corrected chi connectivity index (χ4v) is 3.56. The van der Waals surface area contributed by atoms with E-state index in [9.17, 15) is 9.59 Å². The van der Waals surface area contributed by atoms with Crippen LogP contribution in [0, 0.1) is 10.8 Å². The van der Waals surface area contributed by atoms with Crippen molar-refractivity contribution >= 4 is 11.9 Å². The summed E-state index contributed by atoms with van der Waals surface area (Å²) in [5.74, 6) is -0.885. The highest BCUT2D eigenvalue weighted by atomic mass is 16.6. The predicted molar refractivity (Wildman–Crippen MR) is 125 cm³/mol. The molecule has 0 aliphatic carbocycles. The average molecular weight is 437 g/mol. The second-order valence-corrected chi connectivity index (χ2v) is 7.34. The third-order valence-electron chi connectivity index (χ3n) is 4.92. The van der Waals surface area contributed by atoms with E-state index in [4.69, 9.17) is 19.7 Å². The van der Waals surface area contributed by atoms with E-state index in [2.05, 4.69) is 13.8 Å². The normalized spacial score (nSPS) is 10.7. The Morgan fingerprint density at radius 3 is 1.13 bits per heavy atom. The molecule has 0 amide bonds. The van der Waals surface area contributed by atoms with Gasteiger partial charge in [-0.3, -0.25) is 9.59 Å². The van der Waals surface area contributed by atoms with Gasteiger partial charge < -0.3 is 19.7 Å². The van der Waals surface area contributed by atoms with Gasteiger partial charge in [0.2, 0.25) is 0 Å². The lowest BCUT2D eigenvalue weighted by molar-refractivity contribution is -0.173. The van der Waals surface area contributed by atoms with Crippen molar-refractivity contribution in [3.63, 3.8) is 0 Å². The van der Waals surface area contributed by atoms with Gasteiger partial charge in [0.05, 0.1) is 26.4 Å². The monoisotopic (exact) mass is 436 g/mol. The molecule has 0 aliphatic rings. The smallest absolute Gasteiger partial charge is 0.323 e. The van der Waals surface area contributed by atoms with Crippen molar-refractivity contribution in [2.45, 2.75) is 108 Å². The summed E-state index contributed by atoms with van der Waals surface area (Å²) in [7, 11) is 0. The van der Waals surface area contributed by atoms with Crippen LogP contribution < -0.4 is 0 Å². The van der Waals surface area contributed by atoms with Crippen molar-refractivity contribution in [3.05, 3.63) is 0 Å². The van der Waals surface area contributed by atoms with Gasteiger partial charge >= 0.3 is 11.9 Å². The van der Waals surface area contributed by atoms with Crippen LogP contribution in [0.5, 0.6) is 0 Å². The lowest BCUT2D eigenvalue weighted by atomic mass is 9.79. The largest absolute Gasteiger partial charge is 0.465 e. The Labute approximate surface area is 186 Å². The van der Waals surface area contributed by atoms with Gasteiger partial charge in [0, 0.05) is 5.41 Å². The molecule has 0 aliphatic heterocycles. The van der Waals surface area contributed by atoms with Gasteiger partial charge in [-0.05, 0) is 39.5 Å². The number of aliphatic hydroxyl groups is 2. The van der Waals surface area contributed by atoms with Crippen molar-refractivity contribution in [1.29, 1.82) is 0 Å². The van der Waals surface area contributed by atoms with Gasteiger partial charge in [0.25, 0.3) is 0 Å². The molecule has 0 fully saturated rings. The SMILES string of the molecule is C.C.CCCC(CCC)(C(=O)OCC)C(=O)OCC.CCCC(CO)(CO)CCC. The van der Waals surface area contributed by atoms with E-state index >= 15 is 0 Å². The molecule has 0 bridgehead atoms. The molecule has 0 saturated carbocycles. The second-order valence-electron chi connectivity index (χ2n) is 7.34. The summed E-state index contributed by atoms with van der Waals surface area (Å²) in [6.45, 7) is 12.3. The molecule has 0 aromatic carbocycles. The molecule has 6 nitrogen and oxygen atoms in total. The van der Waals surface area contributed by atoms with Crippen LogP contribution in [0.25, 0.3) is 0 Å². The highest BCUT2D eigenvalue weighted by Gasteiger charge is 2.47. The van der Waals surface area contributed by atoms with Crippen molar-refractivity contribution in [3.8, 4) is 0 Å². The molecular weight excluding hydrogens is 384 g/mol. The van der Waals surface area contributed by atoms with Gasteiger partial charge in [0.15, 0.2) is 5.41 Å². The highest BCUT2D eigenvalue weighted by Crippen LogP contribution is 2.33. The average Bonchev–Trinajstić information content (AvgIpc) is 2.68. The Morgan fingerprint density at radius 1 is 0.633 bits per heavy atom. The second kappa shape index (κ2) is 21.1. The summed E-state index contributed by atoms with van der Waals surface area (Å²) < 4.78 is 10.1. The quantitative estimate of drug-likeness (QED) is 0.275. The first kappa shape index (κ1) is 36.2. The van der Waals surface area contributed by atoms with Gasteiger partial charge in [-0.2, -0.15) is 0 Å². The van der Waals surface area contributed by atoms with E-state index in [-0.39, 0.29) is 46.7 Å². The zero-order chi connectivity index (χ0) is 22.1. The summed E-state index contributed by atoms with van der Waals surface area (Å²) in [4.78, 5) is 24.1. The van der Waals surface area contributed by atoms with Crippen LogP contribution >= 0.6 is 0 Å². The lowest BCUT2D eigenvalue weighted by Gasteiger charge is -2.28. The third-order valence-corrected chi connectivity index (χ3v) is 4.92. The maximum absolute atomic E-state index is 12.0. The molecule has 6 heteroatoms. The number of aliphatic hydroxyl groups excluding tert-OH is 2. The highest BCUT2D eigenvalue weighted by molar-refractivity contribution is 6.00. The molecule has 0 aromatic heterocycles. The summed E-state index contributed by atoms with van der Waals surface area (Å²) in [6, 6.07) is 0. The fourth-order valence-electron chi connectivity index (χ4n) is 3.56. The van der Waals surface area contributed by atoms with Crippen molar-refractivity contribution < 1.29 is 29.3 Å². The van der Waals surface area contributed by atoms with Crippen LogP contribution in [0.3, 0.4) is 0 Å². The first-order valence-electron chi connectivity index (χ1n) is 10.9. The molecule has 184 valence electrons. The molecule has 0 radical (unpaired) electrons. The summed E-state index contributed by atoms with van der Waals surface area (Å²) in [5, 5.41) is 18.2. The molecule has 30 heavy (non-hydrogen) atoms. The summed E-state index contributed by atoms with van der Waals surface area (Å²) >= 11 is 0. The molecule has 0 atom stereocenters. The summed E-state index contributed by atoms with van der Waals surface area (Å²) in [5.41, 5.74) is -1.31. The van der Waals surface area contributed by atoms with E-state index < -0.39 is 17.4 Å². The number of hydrogen-bond acceptors (Lipinski definition) is 6. The van der Waals surface area contributed by atoms with E-state index in [1.54, 1.807) is 13.8 Å². The Bertz CT molecular complexity index is 371. The van der Waals surface area contributed by atoms with E-state index in [0.717, 1.165) is 38.5 Å². The molecule has 0 saturated heterocycles. The first-order valence-corrected chi connectivity index (χ1v) is 10.9. The van der Waals surface area contributed by atoms with Crippen LogP contribution in [-0.4, -0.2) is 48.6 Å². The number of ether oxygens (including phenoxy) is 2.